The molecule has 0 aromatic heterocycles. The molecule has 2 aliphatic rings. The summed E-state index contributed by atoms with van der Waals surface area (Å²) < 4.78 is 30.9. The molecule has 0 spiro atoms. The van der Waals surface area contributed by atoms with Gasteiger partial charge in [0.05, 0.1) is 16.9 Å². The first-order chi connectivity index (χ1) is 10.9. The van der Waals surface area contributed by atoms with Crippen LogP contribution in [0.5, 0.6) is 0 Å². The van der Waals surface area contributed by atoms with E-state index in [9.17, 15) is 18.0 Å². The van der Waals surface area contributed by atoms with Gasteiger partial charge in [-0.2, -0.15) is 8.42 Å². The first-order valence-corrected chi connectivity index (χ1v) is 12.7. The molecule has 0 aromatic rings. The van der Waals surface area contributed by atoms with Crippen LogP contribution in [0.1, 0.15) is 52.9 Å². The van der Waals surface area contributed by atoms with Gasteiger partial charge in [-0.25, -0.2) is 3.63 Å². The fraction of sp³-hybridized carbons (Fsp3) is 0.882. The number of carbonyl (C=O) groups is 2. The second kappa shape index (κ2) is 6.40. The SMILES string of the molecule is CCCC(=O)CS(C)(C)OS(=O)(=O)CC12CCC(CC1=O)C2(C)C. The van der Waals surface area contributed by atoms with Gasteiger partial charge in [0.25, 0.3) is 10.1 Å². The van der Waals surface area contributed by atoms with E-state index in [4.69, 9.17) is 3.63 Å². The predicted molar refractivity (Wildman–Crippen MR) is 97.7 cm³/mol. The Morgan fingerprint density at radius 1 is 1.29 bits per heavy atom. The molecule has 5 nitrogen and oxygen atoms in total. The molecule has 0 heterocycles. The van der Waals surface area contributed by atoms with E-state index >= 15 is 0 Å². The maximum Gasteiger partial charge on any atom is 0.277 e. The highest BCUT2D eigenvalue weighted by atomic mass is 32.3. The van der Waals surface area contributed by atoms with Crippen LogP contribution in [0.25, 0.3) is 0 Å². The number of ketones is 2. The molecule has 7 heteroatoms. The van der Waals surface area contributed by atoms with Gasteiger partial charge >= 0.3 is 0 Å². The summed E-state index contributed by atoms with van der Waals surface area (Å²) in [5.41, 5.74) is -1.13. The van der Waals surface area contributed by atoms with E-state index in [-0.39, 0.29) is 34.4 Å². The van der Waals surface area contributed by atoms with Crippen LogP contribution < -0.4 is 0 Å². The van der Waals surface area contributed by atoms with Gasteiger partial charge in [0.15, 0.2) is 0 Å². The molecule has 2 bridgehead atoms. The van der Waals surface area contributed by atoms with Gasteiger partial charge < -0.3 is 0 Å². The number of rotatable bonds is 8. The quantitative estimate of drug-likeness (QED) is 0.649. The predicted octanol–water partition coefficient (Wildman–Crippen LogP) is 3.08. The van der Waals surface area contributed by atoms with E-state index in [1.807, 2.05) is 20.8 Å². The highest BCUT2D eigenvalue weighted by Crippen LogP contribution is 2.64. The molecule has 0 N–H and O–H groups in total. The van der Waals surface area contributed by atoms with E-state index in [0.29, 0.717) is 19.3 Å². The minimum atomic E-state index is -3.87. The van der Waals surface area contributed by atoms with Crippen molar-refractivity contribution in [1.82, 2.24) is 0 Å². The molecule has 2 aliphatic carbocycles. The number of fused-ring (bicyclic) bond motifs is 2. The van der Waals surface area contributed by atoms with Gasteiger partial charge in [-0.1, -0.05) is 20.8 Å². The Morgan fingerprint density at radius 3 is 2.38 bits per heavy atom. The van der Waals surface area contributed by atoms with Crippen molar-refractivity contribution < 1.29 is 21.6 Å². The van der Waals surface area contributed by atoms with Crippen molar-refractivity contribution in [2.45, 2.75) is 52.9 Å². The smallest absolute Gasteiger partial charge is 0.277 e. The monoisotopic (exact) mass is 378 g/mol. The molecule has 2 unspecified atom stereocenters. The van der Waals surface area contributed by atoms with Gasteiger partial charge in [0.2, 0.25) is 0 Å². The normalized spacial score (nSPS) is 29.9. The molecule has 0 aliphatic heterocycles. The van der Waals surface area contributed by atoms with Gasteiger partial charge in [0.1, 0.15) is 11.6 Å². The summed E-state index contributed by atoms with van der Waals surface area (Å²) in [6.07, 6.45) is 6.60. The Morgan fingerprint density at radius 2 is 1.92 bits per heavy atom. The Kier molecular flexibility index (Phi) is 5.31. The number of Topliss-reactive ketones (excluding diaryl/α,β-unsaturated/α-hetero) is 2. The zero-order valence-corrected chi connectivity index (χ0v) is 17.0. The Labute approximate surface area is 147 Å². The Hall–Kier alpha value is -0.400. The van der Waals surface area contributed by atoms with Crippen molar-refractivity contribution in [3.63, 3.8) is 0 Å². The average Bonchev–Trinajstić information content (AvgIpc) is 2.69. The third-order valence-electron chi connectivity index (χ3n) is 5.89. The number of hydrogen-bond acceptors (Lipinski definition) is 5. The zero-order valence-electron chi connectivity index (χ0n) is 15.4. The summed E-state index contributed by atoms with van der Waals surface area (Å²) in [5.74, 6) is 0.259. The fourth-order valence-electron chi connectivity index (χ4n) is 4.48. The molecular formula is C17H30O5S2. The van der Waals surface area contributed by atoms with Crippen LogP contribution in [-0.4, -0.2) is 44.0 Å². The molecule has 0 radical (unpaired) electrons. The van der Waals surface area contributed by atoms with Gasteiger partial charge in [-0.05, 0) is 43.1 Å². The first-order valence-electron chi connectivity index (χ1n) is 8.55. The third kappa shape index (κ3) is 3.58. The van der Waals surface area contributed by atoms with Crippen molar-refractivity contribution in [1.29, 1.82) is 0 Å². The van der Waals surface area contributed by atoms with Crippen LogP contribution in [-0.2, 0) is 23.3 Å². The molecule has 0 amide bonds. The summed E-state index contributed by atoms with van der Waals surface area (Å²) in [7, 11) is -5.89. The van der Waals surface area contributed by atoms with E-state index < -0.39 is 25.8 Å². The zero-order chi connectivity index (χ0) is 18.4. The van der Waals surface area contributed by atoms with Crippen LogP contribution >= 0.6 is 10.3 Å². The lowest BCUT2D eigenvalue weighted by Crippen LogP contribution is -2.42. The van der Waals surface area contributed by atoms with Crippen molar-refractivity contribution in [2.24, 2.45) is 16.7 Å². The average molecular weight is 379 g/mol. The summed E-state index contributed by atoms with van der Waals surface area (Å²) in [6, 6.07) is 0. The number of carbonyl (C=O) groups excluding carboxylic acids is 2. The summed E-state index contributed by atoms with van der Waals surface area (Å²) in [4.78, 5) is 24.4. The molecule has 0 aromatic carbocycles. The van der Waals surface area contributed by atoms with E-state index in [1.165, 1.54) is 0 Å². The first kappa shape index (κ1) is 19.9. The van der Waals surface area contributed by atoms with Crippen LogP contribution in [0.4, 0.5) is 0 Å². The highest BCUT2D eigenvalue weighted by molar-refractivity contribution is 8.32. The maximum atomic E-state index is 12.7. The second-order valence-electron chi connectivity index (χ2n) is 8.31. The molecule has 140 valence electrons. The minimum absolute atomic E-state index is 0.0315. The molecule has 2 saturated carbocycles. The molecule has 2 rings (SSSR count). The van der Waals surface area contributed by atoms with E-state index in [1.54, 1.807) is 12.5 Å². The van der Waals surface area contributed by atoms with Crippen LogP contribution in [0.2, 0.25) is 0 Å². The fourth-order valence-corrected chi connectivity index (χ4v) is 9.31. The standard InChI is InChI=1S/C17H30O5S2/c1-6-7-14(18)11-23(4,5)22-24(20,21)12-17-9-8-13(10-15(17)19)16(17,2)3/h13H,6-12H2,1-5H3. The van der Waals surface area contributed by atoms with Crippen LogP contribution in [0, 0.1) is 16.7 Å². The van der Waals surface area contributed by atoms with Gasteiger partial charge in [-0.15, -0.1) is 10.3 Å². The topological polar surface area (TPSA) is 77.5 Å². The summed E-state index contributed by atoms with van der Waals surface area (Å²) in [6.45, 7) is 5.93. The van der Waals surface area contributed by atoms with Crippen molar-refractivity contribution in [2.75, 3.05) is 24.0 Å². The molecular weight excluding hydrogens is 348 g/mol. The van der Waals surface area contributed by atoms with Crippen molar-refractivity contribution in [3.05, 3.63) is 0 Å². The summed E-state index contributed by atoms with van der Waals surface area (Å²) in [5, 5.41) is 0. The van der Waals surface area contributed by atoms with Crippen LogP contribution in [0.15, 0.2) is 0 Å². The third-order valence-corrected chi connectivity index (χ3v) is 10.1. The molecule has 2 fully saturated rings. The Bertz CT molecular complexity index is 635. The number of hydrogen-bond donors (Lipinski definition) is 0. The lowest BCUT2D eigenvalue weighted by molar-refractivity contribution is -0.128. The molecule has 24 heavy (non-hydrogen) atoms. The van der Waals surface area contributed by atoms with Crippen LogP contribution in [0.3, 0.4) is 0 Å². The summed E-state index contributed by atoms with van der Waals surface area (Å²) >= 11 is 0. The Balaban J connectivity index is 2.14. The van der Waals surface area contributed by atoms with E-state index in [2.05, 4.69) is 0 Å². The lowest BCUT2D eigenvalue weighted by atomic mass is 9.70. The highest BCUT2D eigenvalue weighted by Gasteiger charge is 2.65. The van der Waals surface area contributed by atoms with E-state index in [0.717, 1.165) is 12.8 Å². The van der Waals surface area contributed by atoms with Gasteiger partial charge in [-0.3, -0.25) is 9.59 Å². The van der Waals surface area contributed by atoms with Gasteiger partial charge in [0, 0.05) is 12.8 Å². The molecule has 2 atom stereocenters. The maximum absolute atomic E-state index is 12.7. The van der Waals surface area contributed by atoms with Crippen molar-refractivity contribution in [3.8, 4) is 0 Å². The largest absolute Gasteiger partial charge is 0.299 e. The molecule has 0 saturated heterocycles. The van der Waals surface area contributed by atoms with Crippen molar-refractivity contribution >= 4 is 32.0 Å². The lowest BCUT2D eigenvalue weighted by Gasteiger charge is -2.37. The second-order valence-corrected chi connectivity index (χ2v) is 13.4. The minimum Gasteiger partial charge on any atom is -0.299 e.